The van der Waals surface area contributed by atoms with E-state index in [1.165, 1.54) is 51.8 Å². The number of rotatable bonds is 9. The largest absolute Gasteiger partial charge is 3.00 e. The first-order chi connectivity index (χ1) is 30.0. The molecule has 2 aromatic heterocycles. The maximum absolute atomic E-state index is 4.26. The molecule has 0 unspecified atom stereocenters. The Morgan fingerprint density at radius 1 is 0.429 bits per heavy atom. The van der Waals surface area contributed by atoms with E-state index in [2.05, 4.69) is 203 Å². The second kappa shape index (κ2) is 22.0. The van der Waals surface area contributed by atoms with Crippen molar-refractivity contribution in [2.45, 2.75) is 80.6 Å². The minimum atomic E-state index is 0. The average Bonchev–Trinajstić information content (AvgIpc) is 3.66. The van der Waals surface area contributed by atoms with Crippen molar-refractivity contribution in [3.63, 3.8) is 0 Å². The molecule has 0 saturated carbocycles. The van der Waals surface area contributed by atoms with Crippen LogP contribution >= 0.6 is 0 Å². The summed E-state index contributed by atoms with van der Waals surface area (Å²) < 4.78 is 0. The van der Waals surface area contributed by atoms with Gasteiger partial charge in [-0.2, -0.15) is 0 Å². The zero-order valence-electron chi connectivity index (χ0n) is 37.9. The van der Waals surface area contributed by atoms with E-state index in [4.69, 9.17) is 0 Å². The van der Waals surface area contributed by atoms with Crippen LogP contribution in [0.15, 0.2) is 152 Å². The summed E-state index contributed by atoms with van der Waals surface area (Å²) in [6, 6.07) is 53.1. The number of hydrogen-bond acceptors (Lipinski definition) is 4. The Balaban J connectivity index is 0.000000156. The van der Waals surface area contributed by atoms with Gasteiger partial charge >= 0.3 is 20.1 Å². The van der Waals surface area contributed by atoms with Crippen LogP contribution < -0.4 is 0 Å². The van der Waals surface area contributed by atoms with E-state index in [0.717, 1.165) is 63.3 Å². The van der Waals surface area contributed by atoms with E-state index in [0.29, 0.717) is 5.92 Å². The molecule has 0 saturated heterocycles. The standard InChI is InChI=1S/C22H28.2C18H15N2.Ir/c1-15(2)12-18(13-16(3)4)20-10-7-11-21-19-9-6-5-8-17(19)14-22(20)21;2*1-13-5-3-7-15(9-13)17-11-18(20-12-19-17)16-8-4-6-14(2)10-16;/h5-11,15-16,18H,12-14H2,1-4H3;2*3-11H,1-2H3;/q;2*-1;+3. The fourth-order valence-electron chi connectivity index (χ4n) is 8.52. The molecule has 0 spiro atoms. The molecule has 318 valence electrons. The molecule has 2 heterocycles. The molecular weight excluding hydrogens is 945 g/mol. The molecule has 0 radical (unpaired) electrons. The van der Waals surface area contributed by atoms with Gasteiger partial charge in [-0.1, -0.05) is 212 Å². The van der Waals surface area contributed by atoms with Crippen LogP contribution in [0.1, 0.15) is 85.4 Å². The van der Waals surface area contributed by atoms with Crippen LogP contribution in [0.3, 0.4) is 0 Å². The molecule has 4 nitrogen and oxygen atoms in total. The Labute approximate surface area is 389 Å². The van der Waals surface area contributed by atoms with Gasteiger partial charge in [0.25, 0.3) is 0 Å². The Bertz CT molecular complexity index is 2490. The number of aryl methyl sites for hydroxylation is 4. The third kappa shape index (κ3) is 12.4. The maximum Gasteiger partial charge on any atom is 3.00 e. The van der Waals surface area contributed by atoms with E-state index in [-0.39, 0.29) is 20.1 Å². The Hall–Kier alpha value is -5.87. The molecule has 5 heteroatoms. The second-order valence-corrected chi connectivity index (χ2v) is 17.6. The van der Waals surface area contributed by atoms with E-state index in [1.54, 1.807) is 11.1 Å². The number of fused-ring (bicyclic) bond motifs is 3. The predicted molar refractivity (Wildman–Crippen MR) is 259 cm³/mol. The van der Waals surface area contributed by atoms with Crippen molar-refractivity contribution < 1.29 is 20.1 Å². The number of aromatic nitrogens is 4. The van der Waals surface area contributed by atoms with Crippen LogP contribution in [0.25, 0.3) is 56.2 Å². The van der Waals surface area contributed by atoms with Gasteiger partial charge in [-0.05, 0) is 115 Å². The molecular formula is C58H58IrN4+. The first-order valence-electron chi connectivity index (χ1n) is 22.0. The maximum atomic E-state index is 4.26. The molecule has 1 aliphatic rings. The summed E-state index contributed by atoms with van der Waals surface area (Å²) in [5.41, 5.74) is 20.5. The fraction of sp³-hybridized carbons (Fsp3) is 0.241. The Morgan fingerprint density at radius 2 is 0.794 bits per heavy atom. The zero-order valence-corrected chi connectivity index (χ0v) is 40.3. The summed E-state index contributed by atoms with van der Waals surface area (Å²) in [5.74, 6) is 2.20. The van der Waals surface area contributed by atoms with Crippen LogP contribution in [-0.4, -0.2) is 19.9 Å². The van der Waals surface area contributed by atoms with Gasteiger partial charge in [-0.25, -0.2) is 0 Å². The van der Waals surface area contributed by atoms with E-state index in [9.17, 15) is 0 Å². The quantitative estimate of drug-likeness (QED) is 0.135. The second-order valence-electron chi connectivity index (χ2n) is 17.6. The van der Waals surface area contributed by atoms with E-state index in [1.807, 2.05) is 36.4 Å². The number of nitrogens with zero attached hydrogens (tertiary/aromatic N) is 4. The fourth-order valence-corrected chi connectivity index (χ4v) is 8.52. The van der Waals surface area contributed by atoms with Crippen LogP contribution in [0, 0.1) is 52.2 Å². The first kappa shape index (κ1) is 46.6. The molecule has 63 heavy (non-hydrogen) atoms. The molecule has 9 rings (SSSR count). The van der Waals surface area contributed by atoms with Crippen LogP contribution in [0.2, 0.25) is 0 Å². The molecule has 8 aromatic rings. The molecule has 0 amide bonds. The number of hydrogen-bond donors (Lipinski definition) is 0. The normalized spacial score (nSPS) is 11.2. The summed E-state index contributed by atoms with van der Waals surface area (Å²) in [7, 11) is 0. The van der Waals surface area contributed by atoms with Crippen LogP contribution in [-0.2, 0) is 26.5 Å². The third-order valence-electron chi connectivity index (χ3n) is 11.3. The first-order valence-corrected chi connectivity index (χ1v) is 22.0. The molecule has 0 bridgehead atoms. The van der Waals surface area contributed by atoms with E-state index < -0.39 is 0 Å². The van der Waals surface area contributed by atoms with Gasteiger partial charge in [0.2, 0.25) is 0 Å². The van der Waals surface area contributed by atoms with Gasteiger partial charge < -0.3 is 19.9 Å². The van der Waals surface area contributed by atoms with Crippen molar-refractivity contribution in [2.75, 3.05) is 0 Å². The van der Waals surface area contributed by atoms with Gasteiger partial charge in [0.05, 0.1) is 0 Å². The molecule has 0 N–H and O–H groups in total. The Kier molecular flexibility index (Phi) is 16.3. The molecule has 0 aliphatic heterocycles. The van der Waals surface area contributed by atoms with E-state index >= 15 is 0 Å². The van der Waals surface area contributed by atoms with Crippen molar-refractivity contribution in [1.82, 2.24) is 19.9 Å². The SMILES string of the molecule is CC(C)CC(CC(C)C)c1cccc2c1Cc1ccccc1-2.Cc1cccc(-c2cc(-c3cccc(C)c3)n[c-]n2)c1.Cc1cccc(-c2cc(-c3cccc(C)c3)n[c-]n2)c1.[Ir+3]. The van der Waals surface area contributed by atoms with Crippen molar-refractivity contribution in [1.29, 1.82) is 0 Å². The minimum Gasteiger partial charge on any atom is -0.366 e. The summed E-state index contributed by atoms with van der Waals surface area (Å²) in [4.78, 5) is 17.1. The molecule has 0 fully saturated rings. The average molecular weight is 1000 g/mol. The third-order valence-corrected chi connectivity index (χ3v) is 11.3. The van der Waals surface area contributed by atoms with Crippen molar-refractivity contribution >= 4 is 0 Å². The number of benzene rings is 6. The summed E-state index contributed by atoms with van der Waals surface area (Å²) in [6.07, 6.45) is 9.24. The molecule has 1 aliphatic carbocycles. The topological polar surface area (TPSA) is 51.6 Å². The Morgan fingerprint density at radius 3 is 1.17 bits per heavy atom. The monoisotopic (exact) mass is 1000 g/mol. The van der Waals surface area contributed by atoms with Crippen LogP contribution in [0.4, 0.5) is 0 Å². The van der Waals surface area contributed by atoms with Gasteiger partial charge in [-0.3, -0.25) is 0 Å². The molecule has 0 atom stereocenters. The van der Waals surface area contributed by atoms with Crippen molar-refractivity contribution in [3.05, 3.63) is 203 Å². The summed E-state index contributed by atoms with van der Waals surface area (Å²) in [5, 5.41) is 0. The van der Waals surface area contributed by atoms with Crippen molar-refractivity contribution in [3.8, 4) is 56.2 Å². The van der Waals surface area contributed by atoms with Gasteiger partial charge in [0.15, 0.2) is 0 Å². The zero-order chi connectivity index (χ0) is 43.6. The van der Waals surface area contributed by atoms with Crippen LogP contribution in [0.5, 0.6) is 0 Å². The van der Waals surface area contributed by atoms with Gasteiger partial charge in [0.1, 0.15) is 0 Å². The minimum absolute atomic E-state index is 0. The summed E-state index contributed by atoms with van der Waals surface area (Å²) >= 11 is 0. The van der Waals surface area contributed by atoms with Gasteiger partial charge in [-0.15, -0.1) is 12.1 Å². The van der Waals surface area contributed by atoms with Gasteiger partial charge in [0, 0.05) is 12.7 Å². The summed E-state index contributed by atoms with van der Waals surface area (Å²) in [6.45, 7) is 17.7. The predicted octanol–water partition coefficient (Wildman–Crippen LogP) is 14.9. The smallest absolute Gasteiger partial charge is 0.366 e. The molecule has 6 aromatic carbocycles. The van der Waals surface area contributed by atoms with Crippen molar-refractivity contribution in [2.24, 2.45) is 11.8 Å².